The van der Waals surface area contributed by atoms with Crippen molar-refractivity contribution in [2.24, 2.45) is 0 Å². The highest BCUT2D eigenvalue weighted by atomic mass is 35.5. The van der Waals surface area contributed by atoms with E-state index >= 15 is 0 Å². The number of rotatable bonds is 3. The number of anilines is 2. The summed E-state index contributed by atoms with van der Waals surface area (Å²) in [6.07, 6.45) is 0.990. The van der Waals surface area contributed by atoms with Crippen LogP contribution in [-0.4, -0.2) is 14.9 Å². The SMILES string of the molecule is Cc1cc(F)cc(Nc2nc(Cl)ncc2[N+](=O)[O-])c1. The van der Waals surface area contributed by atoms with Crippen LogP contribution in [0.3, 0.4) is 0 Å². The van der Waals surface area contributed by atoms with Crippen LogP contribution < -0.4 is 5.32 Å². The third-order valence-electron chi connectivity index (χ3n) is 2.24. The Morgan fingerprint density at radius 2 is 2.16 bits per heavy atom. The molecule has 6 nitrogen and oxygen atoms in total. The smallest absolute Gasteiger partial charge is 0.329 e. The Balaban J connectivity index is 2.42. The molecule has 0 amide bonds. The quantitative estimate of drug-likeness (QED) is 0.531. The van der Waals surface area contributed by atoms with Gasteiger partial charge in [-0.3, -0.25) is 10.1 Å². The zero-order chi connectivity index (χ0) is 14.0. The van der Waals surface area contributed by atoms with E-state index in [0.717, 1.165) is 6.20 Å². The van der Waals surface area contributed by atoms with Crippen molar-refractivity contribution in [2.75, 3.05) is 5.32 Å². The number of benzene rings is 1. The summed E-state index contributed by atoms with van der Waals surface area (Å²) >= 11 is 5.59. The van der Waals surface area contributed by atoms with Crippen LogP contribution in [-0.2, 0) is 0 Å². The molecule has 0 fully saturated rings. The lowest BCUT2D eigenvalue weighted by Crippen LogP contribution is -2.01. The lowest BCUT2D eigenvalue weighted by Gasteiger charge is -2.07. The van der Waals surface area contributed by atoms with Gasteiger partial charge in [0.1, 0.15) is 12.0 Å². The van der Waals surface area contributed by atoms with Gasteiger partial charge in [0, 0.05) is 5.69 Å². The number of halogens is 2. The maximum Gasteiger partial charge on any atom is 0.329 e. The molecule has 1 aromatic heterocycles. The molecule has 0 saturated carbocycles. The van der Waals surface area contributed by atoms with Gasteiger partial charge in [0.25, 0.3) is 0 Å². The minimum absolute atomic E-state index is 0.0880. The summed E-state index contributed by atoms with van der Waals surface area (Å²) in [5, 5.41) is 13.3. The molecule has 1 heterocycles. The predicted molar refractivity (Wildman–Crippen MR) is 68.1 cm³/mol. The van der Waals surface area contributed by atoms with Gasteiger partial charge in [0.05, 0.1) is 4.92 Å². The van der Waals surface area contributed by atoms with Gasteiger partial charge in [-0.1, -0.05) is 0 Å². The summed E-state index contributed by atoms with van der Waals surface area (Å²) in [4.78, 5) is 17.4. The van der Waals surface area contributed by atoms with E-state index in [1.807, 2.05) is 0 Å². The first-order valence-corrected chi connectivity index (χ1v) is 5.54. The minimum Gasteiger partial charge on any atom is -0.334 e. The number of aromatic nitrogens is 2. The Kier molecular flexibility index (Phi) is 3.57. The second kappa shape index (κ2) is 5.15. The first kappa shape index (κ1) is 13.2. The number of hydrogen-bond acceptors (Lipinski definition) is 5. The Morgan fingerprint density at radius 3 is 2.79 bits per heavy atom. The lowest BCUT2D eigenvalue weighted by atomic mass is 10.2. The van der Waals surface area contributed by atoms with E-state index in [4.69, 9.17) is 11.6 Å². The van der Waals surface area contributed by atoms with Gasteiger partial charge in [0.15, 0.2) is 0 Å². The van der Waals surface area contributed by atoms with Crippen LogP contribution >= 0.6 is 11.6 Å². The zero-order valence-corrected chi connectivity index (χ0v) is 10.5. The second-order valence-electron chi connectivity index (χ2n) is 3.77. The summed E-state index contributed by atoms with van der Waals surface area (Å²) in [7, 11) is 0. The van der Waals surface area contributed by atoms with Crippen LogP contribution in [0.5, 0.6) is 0 Å². The van der Waals surface area contributed by atoms with Crippen molar-refractivity contribution in [3.8, 4) is 0 Å². The molecule has 1 N–H and O–H groups in total. The predicted octanol–water partition coefficient (Wildman–Crippen LogP) is 3.23. The highest BCUT2D eigenvalue weighted by Crippen LogP contribution is 2.26. The maximum atomic E-state index is 13.2. The number of hydrogen-bond donors (Lipinski definition) is 1. The van der Waals surface area contributed by atoms with E-state index in [1.165, 1.54) is 12.1 Å². The first-order valence-electron chi connectivity index (χ1n) is 5.17. The molecule has 0 radical (unpaired) electrons. The van der Waals surface area contributed by atoms with Crippen LogP contribution in [0.4, 0.5) is 21.6 Å². The van der Waals surface area contributed by atoms with E-state index in [1.54, 1.807) is 13.0 Å². The lowest BCUT2D eigenvalue weighted by molar-refractivity contribution is -0.384. The fraction of sp³-hybridized carbons (Fsp3) is 0.0909. The van der Waals surface area contributed by atoms with Crippen molar-refractivity contribution in [3.05, 3.63) is 51.2 Å². The van der Waals surface area contributed by atoms with Crippen molar-refractivity contribution in [1.29, 1.82) is 0 Å². The van der Waals surface area contributed by atoms with Crippen LogP contribution in [0.15, 0.2) is 24.4 Å². The summed E-state index contributed by atoms with van der Waals surface area (Å²) in [6.45, 7) is 1.70. The van der Waals surface area contributed by atoms with Crippen molar-refractivity contribution in [3.63, 3.8) is 0 Å². The topological polar surface area (TPSA) is 81.0 Å². The van der Waals surface area contributed by atoms with Crippen LogP contribution in [0, 0.1) is 22.9 Å². The average molecular weight is 283 g/mol. The standard InChI is InChI=1S/C11H8ClFN4O2/c1-6-2-7(13)4-8(3-6)15-10-9(17(18)19)5-14-11(12)16-10/h2-5H,1H3,(H,14,15,16). The first-order chi connectivity index (χ1) is 8.95. The summed E-state index contributed by atoms with van der Waals surface area (Å²) in [5.74, 6) is -0.541. The Morgan fingerprint density at radius 1 is 1.42 bits per heavy atom. The maximum absolute atomic E-state index is 13.2. The van der Waals surface area contributed by atoms with Gasteiger partial charge in [0.2, 0.25) is 11.1 Å². The molecule has 0 spiro atoms. The summed E-state index contributed by atoms with van der Waals surface area (Å²) in [5.41, 5.74) is 0.673. The third-order valence-corrected chi connectivity index (χ3v) is 2.42. The van der Waals surface area contributed by atoms with E-state index in [-0.39, 0.29) is 16.8 Å². The molecule has 0 aliphatic carbocycles. The van der Waals surface area contributed by atoms with Crippen LogP contribution in [0.2, 0.25) is 5.28 Å². The van der Waals surface area contributed by atoms with Gasteiger partial charge in [-0.2, -0.15) is 4.98 Å². The third kappa shape index (κ3) is 3.14. The van der Waals surface area contributed by atoms with Crippen molar-refractivity contribution < 1.29 is 9.31 Å². The monoisotopic (exact) mass is 282 g/mol. The van der Waals surface area contributed by atoms with Crippen molar-refractivity contribution >= 4 is 28.8 Å². The molecule has 98 valence electrons. The Hall–Kier alpha value is -2.28. The molecule has 0 aliphatic heterocycles. The minimum atomic E-state index is -0.648. The van der Waals surface area contributed by atoms with Gasteiger partial charge in [-0.05, 0) is 42.3 Å². The molecule has 0 atom stereocenters. The summed E-state index contributed by atoms with van der Waals surface area (Å²) in [6, 6.07) is 4.17. The Labute approximate surface area is 112 Å². The second-order valence-corrected chi connectivity index (χ2v) is 4.11. The molecular formula is C11H8ClFN4O2. The number of nitro groups is 1. The molecular weight excluding hydrogens is 275 g/mol. The molecule has 0 bridgehead atoms. The Bertz CT molecular complexity index is 630. The van der Waals surface area contributed by atoms with Crippen molar-refractivity contribution in [1.82, 2.24) is 9.97 Å². The molecule has 8 heteroatoms. The molecule has 19 heavy (non-hydrogen) atoms. The highest BCUT2D eigenvalue weighted by Gasteiger charge is 2.17. The van der Waals surface area contributed by atoms with E-state index in [2.05, 4.69) is 15.3 Å². The van der Waals surface area contributed by atoms with Crippen molar-refractivity contribution in [2.45, 2.75) is 6.92 Å². The average Bonchev–Trinajstić information content (AvgIpc) is 2.26. The van der Waals surface area contributed by atoms with E-state index < -0.39 is 10.7 Å². The molecule has 1 aromatic carbocycles. The fourth-order valence-corrected chi connectivity index (χ4v) is 1.66. The molecule has 2 aromatic rings. The van der Waals surface area contributed by atoms with Gasteiger partial charge in [-0.15, -0.1) is 0 Å². The number of nitrogens with zero attached hydrogens (tertiary/aromatic N) is 3. The molecule has 0 aliphatic rings. The zero-order valence-electron chi connectivity index (χ0n) is 9.72. The molecule has 0 saturated heterocycles. The van der Waals surface area contributed by atoms with Gasteiger partial charge < -0.3 is 5.32 Å². The molecule has 2 rings (SSSR count). The van der Waals surface area contributed by atoms with Gasteiger partial charge in [-0.25, -0.2) is 9.37 Å². The van der Waals surface area contributed by atoms with Gasteiger partial charge >= 0.3 is 5.69 Å². The number of nitrogens with one attached hydrogen (secondary N) is 1. The molecule has 0 unspecified atom stereocenters. The normalized spacial score (nSPS) is 10.3. The van der Waals surface area contributed by atoms with E-state index in [9.17, 15) is 14.5 Å². The number of aryl methyl sites for hydroxylation is 1. The largest absolute Gasteiger partial charge is 0.334 e. The van der Waals surface area contributed by atoms with Crippen LogP contribution in [0.25, 0.3) is 0 Å². The summed E-state index contributed by atoms with van der Waals surface area (Å²) < 4.78 is 13.2. The van der Waals surface area contributed by atoms with Crippen LogP contribution in [0.1, 0.15) is 5.56 Å². The highest BCUT2D eigenvalue weighted by molar-refractivity contribution is 6.28. The van der Waals surface area contributed by atoms with E-state index in [0.29, 0.717) is 11.3 Å². The fourth-order valence-electron chi connectivity index (χ4n) is 1.52.